The first-order valence-electron chi connectivity index (χ1n) is 6.37. The average Bonchev–Trinajstić information content (AvgIpc) is 2.84. The largest absolute Gasteiger partial charge is 0.318 e. The number of likely N-dealkylation sites (N-methyl/N-ethyl adjacent to an activating group) is 1. The van der Waals surface area contributed by atoms with Crippen molar-refractivity contribution >= 4 is 22.4 Å². The van der Waals surface area contributed by atoms with Crippen LogP contribution in [0.1, 0.15) is 19.3 Å². The topological polar surface area (TPSA) is 57.3 Å². The third-order valence-electron chi connectivity index (χ3n) is 3.21. The van der Waals surface area contributed by atoms with Crippen molar-refractivity contribution in [3.63, 3.8) is 0 Å². The molecule has 1 amide bonds. The van der Waals surface area contributed by atoms with Crippen molar-refractivity contribution < 1.29 is 4.79 Å². The number of thiazole rings is 1. The van der Waals surface area contributed by atoms with E-state index in [9.17, 15) is 4.79 Å². The number of piperidine rings is 1. The number of likely N-dealkylation sites (tertiary alicyclic amines) is 1. The Morgan fingerprint density at radius 2 is 2.50 bits per heavy atom. The number of nitrogens with one attached hydrogen (secondary N) is 2. The molecule has 1 saturated heterocycles. The molecule has 1 unspecified atom stereocenters. The van der Waals surface area contributed by atoms with Crippen molar-refractivity contribution in [1.82, 2.24) is 15.2 Å². The fourth-order valence-electron chi connectivity index (χ4n) is 2.36. The van der Waals surface area contributed by atoms with E-state index < -0.39 is 0 Å². The van der Waals surface area contributed by atoms with Gasteiger partial charge in [-0.15, -0.1) is 11.3 Å². The lowest BCUT2D eigenvalue weighted by atomic mass is 10.0. The Kier molecular flexibility index (Phi) is 5.10. The lowest BCUT2D eigenvalue weighted by molar-refractivity contribution is -0.118. The van der Waals surface area contributed by atoms with Crippen LogP contribution >= 0.6 is 11.3 Å². The van der Waals surface area contributed by atoms with Gasteiger partial charge in [0.05, 0.1) is 6.54 Å². The van der Waals surface area contributed by atoms with E-state index in [1.165, 1.54) is 30.6 Å². The van der Waals surface area contributed by atoms with Gasteiger partial charge in [-0.1, -0.05) is 6.42 Å². The van der Waals surface area contributed by atoms with E-state index >= 15 is 0 Å². The fraction of sp³-hybridized carbons (Fsp3) is 0.667. The summed E-state index contributed by atoms with van der Waals surface area (Å²) in [6.07, 6.45) is 5.32. The van der Waals surface area contributed by atoms with Crippen LogP contribution < -0.4 is 10.6 Å². The second-order valence-corrected chi connectivity index (χ2v) is 5.46. The Balaban J connectivity index is 1.84. The molecular weight excluding hydrogens is 248 g/mol. The number of amides is 1. The molecule has 0 aromatic carbocycles. The predicted molar refractivity (Wildman–Crippen MR) is 73.9 cm³/mol. The summed E-state index contributed by atoms with van der Waals surface area (Å²) in [5.74, 6) is 0.0351. The molecule has 100 valence electrons. The lowest BCUT2D eigenvalue weighted by Crippen LogP contribution is -2.47. The number of rotatable bonds is 5. The minimum absolute atomic E-state index is 0.0351. The van der Waals surface area contributed by atoms with Crippen LogP contribution in [0, 0.1) is 0 Å². The number of carbonyl (C=O) groups excluding carboxylic acids is 1. The summed E-state index contributed by atoms with van der Waals surface area (Å²) in [6, 6.07) is 0.478. The van der Waals surface area contributed by atoms with Gasteiger partial charge in [0.15, 0.2) is 5.13 Å². The van der Waals surface area contributed by atoms with Crippen molar-refractivity contribution in [3.05, 3.63) is 11.6 Å². The number of carbonyl (C=O) groups is 1. The van der Waals surface area contributed by atoms with Crippen LogP contribution in [0.5, 0.6) is 0 Å². The molecule has 1 aliphatic rings. The Bertz CT molecular complexity index is 366. The van der Waals surface area contributed by atoms with Gasteiger partial charge in [0, 0.05) is 24.2 Å². The quantitative estimate of drug-likeness (QED) is 0.841. The molecule has 0 radical (unpaired) electrons. The summed E-state index contributed by atoms with van der Waals surface area (Å²) in [4.78, 5) is 18.2. The second-order valence-electron chi connectivity index (χ2n) is 4.56. The summed E-state index contributed by atoms with van der Waals surface area (Å²) < 4.78 is 0. The molecule has 1 aromatic heterocycles. The minimum Gasteiger partial charge on any atom is -0.318 e. The second kappa shape index (κ2) is 6.82. The molecule has 0 bridgehead atoms. The number of hydrogen-bond acceptors (Lipinski definition) is 5. The molecule has 0 spiro atoms. The van der Waals surface area contributed by atoms with E-state index in [0.717, 1.165) is 13.1 Å². The molecular formula is C12H20N4OS. The van der Waals surface area contributed by atoms with E-state index in [1.54, 1.807) is 6.20 Å². The van der Waals surface area contributed by atoms with Gasteiger partial charge in [-0.05, 0) is 26.4 Å². The summed E-state index contributed by atoms with van der Waals surface area (Å²) in [7, 11) is 1.96. The van der Waals surface area contributed by atoms with Crippen LogP contribution in [0.15, 0.2) is 11.6 Å². The predicted octanol–water partition coefficient (Wildman–Crippen LogP) is 1.16. The maximum atomic E-state index is 11.9. The zero-order valence-corrected chi connectivity index (χ0v) is 11.5. The molecule has 5 nitrogen and oxygen atoms in total. The molecule has 6 heteroatoms. The van der Waals surface area contributed by atoms with Gasteiger partial charge >= 0.3 is 0 Å². The Morgan fingerprint density at radius 3 is 3.22 bits per heavy atom. The highest BCUT2D eigenvalue weighted by Crippen LogP contribution is 2.16. The third kappa shape index (κ3) is 3.76. The van der Waals surface area contributed by atoms with Crippen LogP contribution in [0.4, 0.5) is 5.13 Å². The zero-order chi connectivity index (χ0) is 12.8. The molecule has 2 heterocycles. The molecule has 2 rings (SSSR count). The minimum atomic E-state index is 0.0351. The molecule has 1 aromatic rings. The Labute approximate surface area is 112 Å². The molecule has 18 heavy (non-hydrogen) atoms. The standard InChI is InChI=1S/C12H20N4OS/c1-13-8-10-4-2-3-6-16(10)9-11(17)15-12-14-5-7-18-12/h5,7,10,13H,2-4,6,8-9H2,1H3,(H,14,15,17). The van der Waals surface area contributed by atoms with Crippen molar-refractivity contribution in [1.29, 1.82) is 0 Å². The highest BCUT2D eigenvalue weighted by molar-refractivity contribution is 7.13. The first-order valence-corrected chi connectivity index (χ1v) is 7.25. The van der Waals surface area contributed by atoms with Crippen LogP contribution in [-0.4, -0.2) is 48.5 Å². The van der Waals surface area contributed by atoms with Gasteiger partial charge in [0.25, 0.3) is 0 Å². The fourth-order valence-corrected chi connectivity index (χ4v) is 2.91. The SMILES string of the molecule is CNCC1CCCCN1CC(=O)Nc1nccs1. The average molecular weight is 268 g/mol. The van der Waals surface area contributed by atoms with Crippen LogP contribution in [0.25, 0.3) is 0 Å². The van der Waals surface area contributed by atoms with Crippen LogP contribution in [-0.2, 0) is 4.79 Å². The van der Waals surface area contributed by atoms with Crippen molar-refractivity contribution in [2.45, 2.75) is 25.3 Å². The zero-order valence-electron chi connectivity index (χ0n) is 10.7. The van der Waals surface area contributed by atoms with Gasteiger partial charge in [0.1, 0.15) is 0 Å². The maximum Gasteiger partial charge on any atom is 0.240 e. The third-order valence-corrected chi connectivity index (χ3v) is 3.90. The number of hydrogen-bond donors (Lipinski definition) is 2. The lowest BCUT2D eigenvalue weighted by Gasteiger charge is -2.34. The summed E-state index contributed by atoms with van der Waals surface area (Å²) >= 11 is 1.45. The van der Waals surface area contributed by atoms with Gasteiger partial charge < -0.3 is 10.6 Å². The number of aromatic nitrogens is 1. The Hall–Kier alpha value is -0.980. The van der Waals surface area contributed by atoms with E-state index in [-0.39, 0.29) is 5.91 Å². The smallest absolute Gasteiger partial charge is 0.240 e. The van der Waals surface area contributed by atoms with Crippen LogP contribution in [0.2, 0.25) is 0 Å². The normalized spacial score (nSPS) is 20.8. The van der Waals surface area contributed by atoms with E-state index in [2.05, 4.69) is 20.5 Å². The van der Waals surface area contributed by atoms with Gasteiger partial charge in [-0.2, -0.15) is 0 Å². The molecule has 2 N–H and O–H groups in total. The molecule has 1 aliphatic heterocycles. The van der Waals surface area contributed by atoms with Gasteiger partial charge in [-0.25, -0.2) is 4.98 Å². The van der Waals surface area contributed by atoms with Gasteiger partial charge in [0.2, 0.25) is 5.91 Å². The Morgan fingerprint density at radius 1 is 1.61 bits per heavy atom. The van der Waals surface area contributed by atoms with Crippen molar-refractivity contribution in [2.75, 3.05) is 32.0 Å². The van der Waals surface area contributed by atoms with E-state index in [4.69, 9.17) is 0 Å². The molecule has 0 saturated carbocycles. The maximum absolute atomic E-state index is 11.9. The first kappa shape index (κ1) is 13.5. The summed E-state index contributed by atoms with van der Waals surface area (Å²) in [5, 5.41) is 8.58. The molecule has 1 atom stereocenters. The van der Waals surface area contributed by atoms with E-state index in [1.807, 2.05) is 12.4 Å². The monoisotopic (exact) mass is 268 g/mol. The number of nitrogens with zero attached hydrogens (tertiary/aromatic N) is 2. The first-order chi connectivity index (χ1) is 8.79. The van der Waals surface area contributed by atoms with Gasteiger partial charge in [-0.3, -0.25) is 9.69 Å². The van der Waals surface area contributed by atoms with Crippen LogP contribution in [0.3, 0.4) is 0 Å². The highest BCUT2D eigenvalue weighted by Gasteiger charge is 2.23. The highest BCUT2D eigenvalue weighted by atomic mass is 32.1. The molecule has 0 aliphatic carbocycles. The number of anilines is 1. The summed E-state index contributed by atoms with van der Waals surface area (Å²) in [6.45, 7) is 2.42. The molecule has 1 fully saturated rings. The summed E-state index contributed by atoms with van der Waals surface area (Å²) in [5.41, 5.74) is 0. The van der Waals surface area contributed by atoms with E-state index in [0.29, 0.717) is 17.7 Å². The van der Waals surface area contributed by atoms with Crippen molar-refractivity contribution in [3.8, 4) is 0 Å². The van der Waals surface area contributed by atoms with Crippen molar-refractivity contribution in [2.24, 2.45) is 0 Å².